The zero-order valence-corrected chi connectivity index (χ0v) is 15.7. The maximum absolute atomic E-state index is 12.5. The normalized spacial score (nSPS) is 20.8. The fourth-order valence-electron chi connectivity index (χ4n) is 4.39. The summed E-state index contributed by atoms with van der Waals surface area (Å²) in [4.78, 5) is 14.3. The van der Waals surface area contributed by atoms with E-state index in [-0.39, 0.29) is 23.5 Å². The number of hydrogen-bond donors (Lipinski definition) is 0. The fraction of sp³-hybridized carbons (Fsp3) is 0.364. The van der Waals surface area contributed by atoms with E-state index in [1.54, 1.807) is 6.92 Å². The van der Waals surface area contributed by atoms with Crippen LogP contribution in [-0.2, 0) is 10.2 Å². The van der Waals surface area contributed by atoms with Crippen LogP contribution in [0, 0.1) is 11.3 Å². The van der Waals surface area contributed by atoms with E-state index in [1.807, 2.05) is 35.2 Å². The first-order chi connectivity index (χ1) is 12.3. The maximum atomic E-state index is 12.5. The highest BCUT2D eigenvalue weighted by atomic mass is 16.5. The molecule has 0 saturated carbocycles. The minimum Gasteiger partial charge on any atom is -0.479 e. The quantitative estimate of drug-likeness (QED) is 0.824. The van der Waals surface area contributed by atoms with Crippen LogP contribution in [0.25, 0.3) is 0 Å². The molecule has 2 aromatic rings. The van der Waals surface area contributed by atoms with Gasteiger partial charge in [0, 0.05) is 23.9 Å². The summed E-state index contributed by atoms with van der Waals surface area (Å²) < 4.78 is 5.49. The van der Waals surface area contributed by atoms with Crippen LogP contribution in [0.15, 0.2) is 48.5 Å². The van der Waals surface area contributed by atoms with Gasteiger partial charge < -0.3 is 9.64 Å². The van der Waals surface area contributed by atoms with Gasteiger partial charge in [-0.1, -0.05) is 43.3 Å². The van der Waals surface area contributed by atoms with Gasteiger partial charge in [-0.3, -0.25) is 4.79 Å². The van der Waals surface area contributed by atoms with Gasteiger partial charge in [0.25, 0.3) is 0 Å². The summed E-state index contributed by atoms with van der Waals surface area (Å²) in [6, 6.07) is 18.2. The van der Waals surface area contributed by atoms with Crippen LogP contribution < -0.4 is 9.64 Å². The SMILES string of the molecule is CC(=O)N1c2cc(OCC#N)ccc2C(C)(c2ccccc2)CC1(C)C. The van der Waals surface area contributed by atoms with E-state index >= 15 is 0 Å². The van der Waals surface area contributed by atoms with Crippen molar-refractivity contribution in [3.05, 3.63) is 59.7 Å². The molecule has 0 saturated heterocycles. The second-order valence-electron chi connectivity index (χ2n) is 7.67. The third-order valence-electron chi connectivity index (χ3n) is 5.23. The molecule has 134 valence electrons. The lowest BCUT2D eigenvalue weighted by atomic mass is 9.65. The van der Waals surface area contributed by atoms with Crippen molar-refractivity contribution >= 4 is 11.6 Å². The van der Waals surface area contributed by atoms with Crippen LogP contribution in [0.4, 0.5) is 5.69 Å². The minimum atomic E-state index is -0.350. The Bertz CT molecular complexity index is 867. The molecular weight excluding hydrogens is 324 g/mol. The molecule has 0 bridgehead atoms. The number of hydrogen-bond acceptors (Lipinski definition) is 3. The van der Waals surface area contributed by atoms with E-state index in [0.717, 1.165) is 17.7 Å². The lowest BCUT2D eigenvalue weighted by molar-refractivity contribution is -0.117. The zero-order valence-electron chi connectivity index (χ0n) is 15.7. The Labute approximate surface area is 155 Å². The first-order valence-electron chi connectivity index (χ1n) is 8.80. The number of amides is 1. The van der Waals surface area contributed by atoms with Crippen molar-refractivity contribution in [2.45, 2.75) is 45.1 Å². The molecule has 0 fully saturated rings. The predicted molar refractivity (Wildman–Crippen MR) is 102 cm³/mol. The predicted octanol–water partition coefficient (Wildman–Crippen LogP) is 4.43. The van der Waals surface area contributed by atoms with Crippen molar-refractivity contribution < 1.29 is 9.53 Å². The zero-order chi connectivity index (χ0) is 18.9. The Balaban J connectivity index is 2.22. The average molecular weight is 348 g/mol. The molecule has 4 nitrogen and oxygen atoms in total. The second kappa shape index (κ2) is 6.49. The van der Waals surface area contributed by atoms with Crippen molar-refractivity contribution in [2.75, 3.05) is 11.5 Å². The number of ether oxygens (including phenoxy) is 1. The molecule has 26 heavy (non-hydrogen) atoms. The molecule has 1 atom stereocenters. The van der Waals surface area contributed by atoms with Gasteiger partial charge in [0.15, 0.2) is 6.61 Å². The first kappa shape index (κ1) is 18.0. The van der Waals surface area contributed by atoms with Gasteiger partial charge in [-0.15, -0.1) is 0 Å². The minimum absolute atomic E-state index is 0.00351. The number of rotatable bonds is 3. The van der Waals surface area contributed by atoms with Gasteiger partial charge in [0.1, 0.15) is 11.8 Å². The van der Waals surface area contributed by atoms with Gasteiger partial charge in [-0.05, 0) is 37.5 Å². The number of nitriles is 1. The summed E-state index contributed by atoms with van der Waals surface area (Å²) >= 11 is 0. The van der Waals surface area contributed by atoms with Crippen LogP contribution in [-0.4, -0.2) is 18.1 Å². The Morgan fingerprint density at radius 1 is 1.19 bits per heavy atom. The standard InChI is InChI=1S/C22H24N2O2/c1-16(25)24-20-14-18(26-13-12-23)10-11-19(20)22(4,15-21(24,2)3)17-8-6-5-7-9-17/h5-11,14H,13,15H2,1-4H3. The summed E-state index contributed by atoms with van der Waals surface area (Å²) in [6.45, 7) is 8.01. The third-order valence-corrected chi connectivity index (χ3v) is 5.23. The molecular formula is C22H24N2O2. The maximum Gasteiger partial charge on any atom is 0.224 e. The monoisotopic (exact) mass is 348 g/mol. The lowest BCUT2D eigenvalue weighted by Crippen LogP contribution is -2.55. The van der Waals surface area contributed by atoms with Gasteiger partial charge >= 0.3 is 0 Å². The molecule has 0 spiro atoms. The van der Waals surface area contributed by atoms with E-state index in [0.29, 0.717) is 5.75 Å². The van der Waals surface area contributed by atoms with E-state index in [4.69, 9.17) is 10.00 Å². The average Bonchev–Trinajstić information content (AvgIpc) is 2.59. The Morgan fingerprint density at radius 3 is 2.50 bits per heavy atom. The molecule has 0 aromatic heterocycles. The van der Waals surface area contributed by atoms with E-state index in [9.17, 15) is 4.79 Å². The van der Waals surface area contributed by atoms with Crippen LogP contribution in [0.1, 0.15) is 45.2 Å². The van der Waals surface area contributed by atoms with E-state index in [1.165, 1.54) is 5.56 Å². The third kappa shape index (κ3) is 2.94. The van der Waals surface area contributed by atoms with E-state index in [2.05, 4.69) is 45.0 Å². The highest BCUT2D eigenvalue weighted by Gasteiger charge is 2.47. The van der Waals surface area contributed by atoms with Gasteiger partial charge in [-0.2, -0.15) is 5.26 Å². The molecule has 1 amide bonds. The topological polar surface area (TPSA) is 53.3 Å². The van der Waals surface area contributed by atoms with E-state index < -0.39 is 0 Å². The number of benzene rings is 2. The molecule has 3 rings (SSSR count). The summed E-state index contributed by atoms with van der Waals surface area (Å²) in [5, 5.41) is 8.78. The Kier molecular flexibility index (Phi) is 4.50. The van der Waals surface area contributed by atoms with Crippen molar-refractivity contribution in [1.82, 2.24) is 0 Å². The highest BCUT2D eigenvalue weighted by molar-refractivity contribution is 5.95. The molecule has 1 unspecified atom stereocenters. The molecule has 1 aliphatic rings. The summed E-state index contributed by atoms with van der Waals surface area (Å²) in [6.07, 6.45) is 0.814. The van der Waals surface area contributed by atoms with Gasteiger partial charge in [0.05, 0.1) is 5.69 Å². The highest BCUT2D eigenvalue weighted by Crippen LogP contribution is 2.51. The summed E-state index contributed by atoms with van der Waals surface area (Å²) in [5.74, 6) is 0.605. The summed E-state index contributed by atoms with van der Waals surface area (Å²) in [5.41, 5.74) is 2.61. The van der Waals surface area contributed by atoms with Crippen molar-refractivity contribution in [3.8, 4) is 11.8 Å². The largest absolute Gasteiger partial charge is 0.479 e. The molecule has 1 aliphatic heterocycles. The Morgan fingerprint density at radius 2 is 1.88 bits per heavy atom. The van der Waals surface area contributed by atoms with Crippen molar-refractivity contribution in [1.29, 1.82) is 5.26 Å². The fourth-order valence-corrected chi connectivity index (χ4v) is 4.39. The molecule has 1 heterocycles. The summed E-state index contributed by atoms with van der Waals surface area (Å²) in [7, 11) is 0. The number of carbonyl (C=O) groups excluding carboxylic acids is 1. The molecule has 0 radical (unpaired) electrons. The van der Waals surface area contributed by atoms with Crippen LogP contribution >= 0.6 is 0 Å². The molecule has 4 heteroatoms. The first-order valence-corrected chi connectivity index (χ1v) is 8.80. The molecule has 0 N–H and O–H groups in total. The number of fused-ring (bicyclic) bond motifs is 1. The molecule has 0 aliphatic carbocycles. The van der Waals surface area contributed by atoms with Gasteiger partial charge in [0.2, 0.25) is 5.91 Å². The van der Waals surface area contributed by atoms with Crippen molar-refractivity contribution in [3.63, 3.8) is 0 Å². The molecule has 2 aromatic carbocycles. The Hall–Kier alpha value is -2.80. The van der Waals surface area contributed by atoms with Crippen LogP contribution in [0.2, 0.25) is 0 Å². The van der Waals surface area contributed by atoms with Crippen molar-refractivity contribution in [2.24, 2.45) is 0 Å². The van der Waals surface area contributed by atoms with Crippen LogP contribution in [0.3, 0.4) is 0 Å². The van der Waals surface area contributed by atoms with Crippen LogP contribution in [0.5, 0.6) is 5.75 Å². The van der Waals surface area contributed by atoms with Gasteiger partial charge in [-0.25, -0.2) is 0 Å². The number of nitrogens with zero attached hydrogens (tertiary/aromatic N) is 2. The second-order valence-corrected chi connectivity index (χ2v) is 7.67. The number of carbonyl (C=O) groups is 1. The lowest BCUT2D eigenvalue weighted by Gasteiger charge is -2.51. The smallest absolute Gasteiger partial charge is 0.224 e. The number of anilines is 1.